The average Bonchev–Trinajstić information content (AvgIpc) is 3.06. The van der Waals surface area contributed by atoms with Crippen LogP contribution >= 0.6 is 12.4 Å². The van der Waals surface area contributed by atoms with Crippen LogP contribution in [-0.4, -0.2) is 48.0 Å². The zero-order valence-electron chi connectivity index (χ0n) is 18.8. The summed E-state index contributed by atoms with van der Waals surface area (Å²) >= 11 is 0. The molecule has 1 saturated heterocycles. The summed E-state index contributed by atoms with van der Waals surface area (Å²) in [6.07, 6.45) is 11.4. The van der Waals surface area contributed by atoms with Crippen molar-refractivity contribution in [3.05, 3.63) is 29.7 Å². The van der Waals surface area contributed by atoms with Gasteiger partial charge in [-0.05, 0) is 82.3 Å². The van der Waals surface area contributed by atoms with Crippen LogP contribution in [0.4, 0.5) is 0 Å². The highest BCUT2D eigenvalue weighted by Crippen LogP contribution is 2.72. The molecule has 1 aromatic heterocycles. The lowest BCUT2D eigenvalue weighted by atomic mass is 9.81. The predicted molar refractivity (Wildman–Crippen MR) is 123 cm³/mol. The molecule has 32 heavy (non-hydrogen) atoms. The number of aromatic nitrogens is 1. The molecule has 2 amide bonds. The molecule has 3 aliphatic carbocycles. The highest BCUT2D eigenvalue weighted by Gasteiger charge is 2.69. The van der Waals surface area contributed by atoms with Gasteiger partial charge >= 0.3 is 0 Å². The molecule has 7 nitrogen and oxygen atoms in total. The predicted octanol–water partition coefficient (Wildman–Crippen LogP) is 2.84. The summed E-state index contributed by atoms with van der Waals surface area (Å²) < 4.78 is 5.09. The molecular weight excluding hydrogens is 428 g/mol. The van der Waals surface area contributed by atoms with Crippen molar-refractivity contribution in [3.8, 4) is 0 Å². The molecule has 4 atom stereocenters. The number of carbonyl (C=O) groups is 2. The summed E-state index contributed by atoms with van der Waals surface area (Å²) in [5.41, 5.74) is 0.870. The summed E-state index contributed by atoms with van der Waals surface area (Å²) in [5, 5.41) is 10.1. The fourth-order valence-electron chi connectivity index (χ4n) is 6.30. The number of carbonyl (C=O) groups excluding carboxylic acids is 2. The van der Waals surface area contributed by atoms with E-state index in [1.54, 1.807) is 0 Å². The molecule has 2 bridgehead atoms. The molecule has 1 aliphatic heterocycles. The molecule has 0 unspecified atom stereocenters. The summed E-state index contributed by atoms with van der Waals surface area (Å²) in [7, 11) is 0. The molecule has 176 valence electrons. The lowest BCUT2D eigenvalue weighted by Crippen LogP contribution is -2.44. The lowest BCUT2D eigenvalue weighted by Gasteiger charge is -2.26. The maximum atomic E-state index is 13.2. The van der Waals surface area contributed by atoms with Crippen LogP contribution in [0.1, 0.15) is 50.0 Å². The number of allylic oxidation sites excluding steroid dienone is 2. The zero-order chi connectivity index (χ0) is 21.4. The Bertz CT molecular complexity index is 859. The van der Waals surface area contributed by atoms with Gasteiger partial charge in [-0.3, -0.25) is 9.59 Å². The number of nitrogens with zero attached hydrogens (tertiary/aromatic N) is 2. The van der Waals surface area contributed by atoms with Crippen molar-refractivity contribution >= 4 is 24.2 Å². The second-order valence-corrected chi connectivity index (χ2v) is 9.91. The fraction of sp³-hybridized carbons (Fsp3) is 0.708. The van der Waals surface area contributed by atoms with Crippen molar-refractivity contribution < 1.29 is 14.1 Å². The topological polar surface area (TPSA) is 87.5 Å². The summed E-state index contributed by atoms with van der Waals surface area (Å²) in [5.74, 6) is 0.602. The van der Waals surface area contributed by atoms with Gasteiger partial charge in [0.25, 0.3) is 0 Å². The molecular formula is C24H35ClN4O3. The van der Waals surface area contributed by atoms with Crippen molar-refractivity contribution in [2.45, 2.75) is 52.0 Å². The molecule has 1 aromatic rings. The third-order valence-corrected chi connectivity index (χ3v) is 7.97. The molecule has 1 spiro atoms. The van der Waals surface area contributed by atoms with E-state index in [4.69, 9.17) is 4.52 Å². The van der Waals surface area contributed by atoms with E-state index in [2.05, 4.69) is 32.8 Å². The van der Waals surface area contributed by atoms with Gasteiger partial charge in [-0.2, -0.15) is 0 Å². The molecule has 0 aromatic carbocycles. The van der Waals surface area contributed by atoms with E-state index in [-0.39, 0.29) is 53.3 Å². The third-order valence-electron chi connectivity index (χ3n) is 7.97. The Morgan fingerprint density at radius 2 is 1.75 bits per heavy atom. The number of hydrogen-bond donors (Lipinski definition) is 2. The van der Waals surface area contributed by atoms with E-state index in [9.17, 15) is 9.59 Å². The van der Waals surface area contributed by atoms with Gasteiger partial charge in [0.15, 0.2) is 0 Å². The van der Waals surface area contributed by atoms with Crippen molar-refractivity contribution in [1.82, 2.24) is 20.7 Å². The maximum absolute atomic E-state index is 13.2. The number of likely N-dealkylation sites (tertiary alicyclic amines) is 1. The Labute approximate surface area is 196 Å². The largest absolute Gasteiger partial charge is 0.361 e. The molecule has 2 N–H and O–H groups in total. The van der Waals surface area contributed by atoms with Gasteiger partial charge in [-0.1, -0.05) is 17.3 Å². The van der Waals surface area contributed by atoms with Crippen LogP contribution in [-0.2, 0) is 16.1 Å². The first-order chi connectivity index (χ1) is 15.1. The van der Waals surface area contributed by atoms with Crippen LogP contribution in [0.3, 0.4) is 0 Å². The van der Waals surface area contributed by atoms with Crippen molar-refractivity contribution in [2.24, 2.45) is 29.1 Å². The summed E-state index contributed by atoms with van der Waals surface area (Å²) in [6, 6.07) is 1.83. The molecule has 2 heterocycles. The number of unbranched alkanes of at least 4 members (excludes halogenated alkanes) is 1. The van der Waals surface area contributed by atoms with Gasteiger partial charge in [0, 0.05) is 12.6 Å². The summed E-state index contributed by atoms with van der Waals surface area (Å²) in [4.78, 5) is 28.9. The number of nitrogens with one attached hydrogen (secondary N) is 2. The van der Waals surface area contributed by atoms with Gasteiger partial charge in [-0.15, -0.1) is 12.4 Å². The van der Waals surface area contributed by atoms with Crippen LogP contribution < -0.4 is 10.6 Å². The van der Waals surface area contributed by atoms with Crippen LogP contribution in [0, 0.1) is 36.0 Å². The first-order valence-electron chi connectivity index (χ1n) is 12.0. The zero-order valence-corrected chi connectivity index (χ0v) is 19.7. The van der Waals surface area contributed by atoms with Gasteiger partial charge < -0.3 is 20.1 Å². The second kappa shape index (κ2) is 9.56. The first-order valence-corrected chi connectivity index (χ1v) is 12.0. The minimum Gasteiger partial charge on any atom is -0.361 e. The van der Waals surface area contributed by atoms with Crippen molar-refractivity contribution in [1.29, 1.82) is 0 Å². The standard InChI is InChI=1S/C24H34N4O3.ClH/c1-16-14-17(27-31-16)15-26-23(30)21-19-7-6-18(24(19)8-9-24)20(21)22(29)25-10-2-3-11-28-12-4-5-13-28;/h6-7,14,18-21H,2-5,8-13,15H2,1H3,(H,25,29)(H,26,30);1H/t18-,19+,20-,21-;/m1./s1. The maximum Gasteiger partial charge on any atom is 0.224 e. The van der Waals surface area contributed by atoms with Crippen LogP contribution in [0.25, 0.3) is 0 Å². The van der Waals surface area contributed by atoms with Gasteiger partial charge in [0.1, 0.15) is 11.5 Å². The Morgan fingerprint density at radius 1 is 1.09 bits per heavy atom. The molecule has 8 heteroatoms. The minimum atomic E-state index is -0.282. The first kappa shape index (κ1) is 23.3. The Balaban J connectivity index is 0.00000245. The van der Waals surface area contributed by atoms with Crippen molar-refractivity contribution in [2.75, 3.05) is 26.2 Å². The Kier molecular flexibility index (Phi) is 6.96. The van der Waals surface area contributed by atoms with Gasteiger partial charge in [-0.25, -0.2) is 0 Å². The highest BCUT2D eigenvalue weighted by molar-refractivity contribution is 5.90. The molecule has 5 rings (SSSR count). The van der Waals surface area contributed by atoms with Crippen molar-refractivity contribution in [3.63, 3.8) is 0 Å². The van der Waals surface area contributed by atoms with Crippen LogP contribution in [0.15, 0.2) is 22.7 Å². The Morgan fingerprint density at radius 3 is 2.34 bits per heavy atom. The second-order valence-electron chi connectivity index (χ2n) is 9.91. The number of halogens is 1. The van der Waals surface area contributed by atoms with Crippen LogP contribution in [0.2, 0.25) is 0 Å². The van der Waals surface area contributed by atoms with Gasteiger partial charge in [0.2, 0.25) is 11.8 Å². The average molecular weight is 463 g/mol. The fourth-order valence-corrected chi connectivity index (χ4v) is 6.30. The number of hydrogen-bond acceptors (Lipinski definition) is 5. The molecule has 0 radical (unpaired) electrons. The Hall–Kier alpha value is -1.86. The van der Waals surface area contributed by atoms with E-state index >= 15 is 0 Å². The summed E-state index contributed by atoms with van der Waals surface area (Å²) in [6.45, 7) is 6.44. The number of aryl methyl sites for hydroxylation is 1. The van der Waals surface area contributed by atoms with E-state index in [0.29, 0.717) is 18.8 Å². The smallest absolute Gasteiger partial charge is 0.224 e. The minimum absolute atomic E-state index is 0. The number of amides is 2. The molecule has 2 saturated carbocycles. The van der Waals surface area contributed by atoms with E-state index in [1.807, 2.05) is 13.0 Å². The molecule has 3 fully saturated rings. The van der Waals surface area contributed by atoms with Gasteiger partial charge in [0.05, 0.1) is 18.4 Å². The lowest BCUT2D eigenvalue weighted by molar-refractivity contribution is -0.135. The van der Waals surface area contributed by atoms with E-state index < -0.39 is 0 Å². The third kappa shape index (κ3) is 4.34. The highest BCUT2D eigenvalue weighted by atomic mass is 35.5. The SMILES string of the molecule is Cc1cc(CNC(=O)[C@H]2[C@H](C(=O)NCCCCN3CCCC3)[C@H]3C=C[C@@H]2C32CC2)no1.Cl. The normalized spacial score (nSPS) is 29.3. The monoisotopic (exact) mass is 462 g/mol. The number of rotatable bonds is 9. The quantitative estimate of drug-likeness (QED) is 0.435. The van der Waals surface area contributed by atoms with E-state index in [1.165, 1.54) is 25.9 Å². The van der Waals surface area contributed by atoms with E-state index in [0.717, 1.165) is 38.0 Å². The molecule has 4 aliphatic rings. The van der Waals surface area contributed by atoms with Crippen LogP contribution in [0.5, 0.6) is 0 Å².